The van der Waals surface area contributed by atoms with Gasteiger partial charge in [-0.1, -0.05) is 243 Å². The summed E-state index contributed by atoms with van der Waals surface area (Å²) in [6, 6.07) is 77.4. The average molecular weight is 1200 g/mol. The molecule has 0 unspecified atom stereocenters. The SMILES string of the molecule is Cc1cc(-c2c(-c3ccccc3)cccc2C(C)(C)C)ccc1-n1c(-c2cc(C(C)(C)C)cc(C(C)(C)C)c2O)nc2c(-c3[c-]c(-c4cc(-c5ccc(-c6ccccc6)cc5)ccn4)cc(-c4ccccc4)c3)cccc21.[Pt]. The fourth-order valence-electron chi connectivity index (χ4n) is 10.9. The number of benzene rings is 9. The van der Waals surface area contributed by atoms with Crippen LogP contribution in [0.3, 0.4) is 0 Å². The van der Waals surface area contributed by atoms with Crippen LogP contribution in [-0.2, 0) is 37.3 Å². The third kappa shape index (κ3) is 10.5. The van der Waals surface area contributed by atoms with Crippen molar-refractivity contribution in [2.45, 2.75) is 85.5 Å². The molecule has 0 amide bonds. The van der Waals surface area contributed by atoms with E-state index in [9.17, 15) is 5.11 Å². The molecule has 11 rings (SSSR count). The Morgan fingerprint density at radius 2 is 0.987 bits per heavy atom. The number of fused-ring (bicyclic) bond motifs is 1. The largest absolute Gasteiger partial charge is 0.507 e. The summed E-state index contributed by atoms with van der Waals surface area (Å²) in [4.78, 5) is 10.7. The number of hydrogen-bond acceptors (Lipinski definition) is 3. The van der Waals surface area contributed by atoms with Crippen molar-refractivity contribution in [1.29, 1.82) is 0 Å². The number of imidazole rings is 1. The van der Waals surface area contributed by atoms with Gasteiger partial charge in [0.15, 0.2) is 0 Å². The van der Waals surface area contributed by atoms with Crippen LogP contribution in [0, 0.1) is 13.0 Å². The number of para-hydroxylation sites is 1. The van der Waals surface area contributed by atoms with Gasteiger partial charge in [-0.2, -0.15) is 0 Å². The van der Waals surface area contributed by atoms with Gasteiger partial charge in [-0.3, -0.25) is 9.55 Å². The van der Waals surface area contributed by atoms with Crippen LogP contribution in [0.2, 0.25) is 0 Å². The molecule has 11 aromatic rings. The number of nitrogens with zero attached hydrogens (tertiary/aromatic N) is 3. The molecule has 0 aliphatic rings. The van der Waals surface area contributed by atoms with Gasteiger partial charge in [0.1, 0.15) is 11.6 Å². The Morgan fingerprint density at radius 3 is 1.60 bits per heavy atom. The van der Waals surface area contributed by atoms with Crippen LogP contribution in [0.1, 0.15) is 84.6 Å². The predicted molar refractivity (Wildman–Crippen MR) is 324 cm³/mol. The van der Waals surface area contributed by atoms with Gasteiger partial charge in [0.2, 0.25) is 0 Å². The molecule has 2 aromatic heterocycles. The Bertz CT molecular complexity index is 3970. The topological polar surface area (TPSA) is 50.9 Å². The maximum Gasteiger partial charge on any atom is 0.148 e. The van der Waals surface area contributed by atoms with Crippen LogP contribution in [0.4, 0.5) is 0 Å². The first-order valence-electron chi connectivity index (χ1n) is 26.9. The Kier molecular flexibility index (Phi) is 14.5. The molecule has 0 atom stereocenters. The number of pyridine rings is 1. The number of rotatable bonds is 9. The number of aromatic hydroxyl groups is 1. The van der Waals surface area contributed by atoms with Crippen molar-refractivity contribution in [3.8, 4) is 101 Å². The first-order valence-corrected chi connectivity index (χ1v) is 26.9. The maximum atomic E-state index is 12.7. The number of phenols is 1. The van der Waals surface area contributed by atoms with E-state index in [0.717, 1.165) is 83.6 Å². The molecule has 0 saturated heterocycles. The Balaban J connectivity index is 0.00000688. The van der Waals surface area contributed by atoms with Crippen LogP contribution in [0.25, 0.3) is 106 Å². The molecule has 78 heavy (non-hydrogen) atoms. The van der Waals surface area contributed by atoms with Crippen LogP contribution in [0.15, 0.2) is 212 Å². The summed E-state index contributed by atoms with van der Waals surface area (Å²) >= 11 is 0. The van der Waals surface area contributed by atoms with Gasteiger partial charge >= 0.3 is 0 Å². The minimum absolute atomic E-state index is 0. The van der Waals surface area contributed by atoms with E-state index in [1.165, 1.54) is 33.4 Å². The van der Waals surface area contributed by atoms with E-state index in [4.69, 9.17) is 9.97 Å². The van der Waals surface area contributed by atoms with Crippen molar-refractivity contribution in [2.24, 2.45) is 0 Å². The molecule has 0 aliphatic heterocycles. The molecule has 5 heteroatoms. The molecule has 0 bridgehead atoms. The van der Waals surface area contributed by atoms with Gasteiger partial charge in [0.05, 0.1) is 22.3 Å². The van der Waals surface area contributed by atoms with E-state index < -0.39 is 0 Å². The molecule has 1 N–H and O–H groups in total. The Hall–Kier alpha value is -7.91. The van der Waals surface area contributed by atoms with Gasteiger partial charge < -0.3 is 5.11 Å². The summed E-state index contributed by atoms with van der Waals surface area (Å²) in [5.41, 5.74) is 22.1. The molecule has 9 aromatic carbocycles. The van der Waals surface area contributed by atoms with Gasteiger partial charge in [-0.15, -0.1) is 23.8 Å². The monoisotopic (exact) mass is 1200 g/mol. The predicted octanol–water partition coefficient (Wildman–Crippen LogP) is 19.5. The maximum absolute atomic E-state index is 12.7. The summed E-state index contributed by atoms with van der Waals surface area (Å²) in [7, 11) is 0. The molecular formula is C73H66N3OPt-. The molecule has 0 fully saturated rings. The Morgan fingerprint density at radius 1 is 0.436 bits per heavy atom. The minimum Gasteiger partial charge on any atom is -0.507 e. The molecule has 0 spiro atoms. The van der Waals surface area contributed by atoms with Crippen molar-refractivity contribution in [1.82, 2.24) is 14.5 Å². The van der Waals surface area contributed by atoms with Gasteiger partial charge in [-0.05, 0) is 120 Å². The van der Waals surface area contributed by atoms with E-state index in [2.05, 4.69) is 280 Å². The zero-order chi connectivity index (χ0) is 53.8. The van der Waals surface area contributed by atoms with E-state index in [1.807, 2.05) is 12.3 Å². The smallest absolute Gasteiger partial charge is 0.148 e. The molecule has 390 valence electrons. The summed E-state index contributed by atoms with van der Waals surface area (Å²) in [5, 5.41) is 12.7. The van der Waals surface area contributed by atoms with Crippen LogP contribution >= 0.6 is 0 Å². The van der Waals surface area contributed by atoms with E-state index >= 15 is 0 Å². The van der Waals surface area contributed by atoms with Crippen LogP contribution < -0.4 is 0 Å². The van der Waals surface area contributed by atoms with E-state index in [-0.39, 0.29) is 43.1 Å². The summed E-state index contributed by atoms with van der Waals surface area (Å²) < 4.78 is 2.27. The van der Waals surface area contributed by atoms with Crippen molar-refractivity contribution in [2.75, 3.05) is 0 Å². The second-order valence-corrected chi connectivity index (χ2v) is 23.6. The third-order valence-corrected chi connectivity index (χ3v) is 15.0. The summed E-state index contributed by atoms with van der Waals surface area (Å²) in [5.74, 6) is 0.912. The molecule has 4 nitrogen and oxygen atoms in total. The fourth-order valence-corrected chi connectivity index (χ4v) is 10.9. The van der Waals surface area contributed by atoms with Crippen molar-refractivity contribution in [3.05, 3.63) is 241 Å². The summed E-state index contributed by atoms with van der Waals surface area (Å²) in [6.07, 6.45) is 1.90. The third-order valence-electron chi connectivity index (χ3n) is 15.0. The van der Waals surface area contributed by atoms with E-state index in [1.54, 1.807) is 0 Å². The minimum atomic E-state index is -0.350. The zero-order valence-corrected chi connectivity index (χ0v) is 48.6. The standard InChI is InChI=1S/C73H66N3O.Pt/c1-47-40-54(67-59(52-26-18-13-19-27-52)28-20-30-62(67)72(5,6)7)36-37-65(47)76-66-31-21-29-60(68(66)75-70(76)61-45-58(71(2,3)4)46-63(69(61)77)73(8,9)10)56-41-55(49-24-16-12-17-25-49)42-57(43-56)64-44-53(38-39-74-64)51-34-32-50(33-35-51)48-22-14-11-15-23-48;/h11-42,44-46,77H,1-10H3;/q-1;. The fraction of sp³-hybridized carbons (Fsp3) is 0.178. The molecule has 0 aliphatic carbocycles. The normalized spacial score (nSPS) is 11.9. The van der Waals surface area contributed by atoms with Crippen LogP contribution in [-0.4, -0.2) is 19.6 Å². The van der Waals surface area contributed by atoms with Crippen LogP contribution in [0.5, 0.6) is 5.75 Å². The first kappa shape index (κ1) is 53.5. The molecule has 0 radical (unpaired) electrons. The van der Waals surface area contributed by atoms with Gasteiger partial charge in [0, 0.05) is 38.5 Å². The van der Waals surface area contributed by atoms with E-state index in [0.29, 0.717) is 11.4 Å². The molecule has 0 saturated carbocycles. The van der Waals surface area contributed by atoms with Gasteiger partial charge in [0.25, 0.3) is 0 Å². The molecule has 2 heterocycles. The second-order valence-electron chi connectivity index (χ2n) is 23.6. The number of hydrogen-bond donors (Lipinski definition) is 1. The van der Waals surface area contributed by atoms with Gasteiger partial charge in [-0.25, -0.2) is 4.98 Å². The quantitative estimate of drug-likeness (QED) is 0.147. The zero-order valence-electron chi connectivity index (χ0n) is 46.3. The summed E-state index contributed by atoms with van der Waals surface area (Å²) in [6.45, 7) is 22.3. The average Bonchev–Trinajstić information content (AvgIpc) is 4.03. The number of phenolic OH excluding ortho intramolecular Hbond substituents is 1. The van der Waals surface area contributed by atoms with Crippen molar-refractivity contribution < 1.29 is 26.2 Å². The number of aryl methyl sites for hydroxylation is 1. The number of aromatic nitrogens is 3. The first-order chi connectivity index (χ1) is 36.9. The van der Waals surface area contributed by atoms with Crippen molar-refractivity contribution in [3.63, 3.8) is 0 Å². The second kappa shape index (κ2) is 21.1. The molecular weight excluding hydrogens is 1130 g/mol. The van der Waals surface area contributed by atoms with Crippen molar-refractivity contribution >= 4 is 11.0 Å². The Labute approximate surface area is 475 Å².